The summed E-state index contributed by atoms with van der Waals surface area (Å²) in [6, 6.07) is 2.01. The van der Waals surface area contributed by atoms with E-state index in [1.54, 1.807) is 6.20 Å². The lowest BCUT2D eigenvalue weighted by Crippen LogP contribution is -2.32. The van der Waals surface area contributed by atoms with Gasteiger partial charge in [0, 0.05) is 25.5 Å². The summed E-state index contributed by atoms with van der Waals surface area (Å²) >= 11 is 0. The van der Waals surface area contributed by atoms with Crippen molar-refractivity contribution in [3.05, 3.63) is 29.6 Å². The Balaban J connectivity index is 2.35. The quantitative estimate of drug-likeness (QED) is 0.763. The molecule has 2 N–H and O–H groups in total. The van der Waals surface area contributed by atoms with Crippen molar-refractivity contribution in [3.63, 3.8) is 0 Å². The first kappa shape index (κ1) is 14.1. The van der Waals surface area contributed by atoms with Gasteiger partial charge in [0.1, 0.15) is 0 Å². The fourth-order valence-corrected chi connectivity index (χ4v) is 2.04. The molecule has 0 aliphatic carbocycles. The van der Waals surface area contributed by atoms with Gasteiger partial charge in [-0.25, -0.2) is 0 Å². The molecule has 0 fully saturated rings. The maximum absolute atomic E-state index is 9.98. The van der Waals surface area contributed by atoms with Crippen LogP contribution in [0, 0.1) is 12.8 Å². The average Bonchev–Trinajstić information content (AvgIpc) is 2.33. The zero-order valence-electron chi connectivity index (χ0n) is 11.1. The van der Waals surface area contributed by atoms with E-state index >= 15 is 0 Å². The van der Waals surface area contributed by atoms with Crippen LogP contribution in [0.1, 0.15) is 37.8 Å². The van der Waals surface area contributed by atoms with Crippen molar-refractivity contribution in [2.45, 2.75) is 46.3 Å². The zero-order valence-corrected chi connectivity index (χ0v) is 11.1. The summed E-state index contributed by atoms with van der Waals surface area (Å²) in [5.74, 6) is 0.400. The van der Waals surface area contributed by atoms with Crippen LogP contribution in [0.4, 0.5) is 0 Å². The lowest BCUT2D eigenvalue weighted by Gasteiger charge is -2.20. The molecule has 1 unspecified atom stereocenters. The van der Waals surface area contributed by atoms with E-state index < -0.39 is 0 Å². The molecular weight excluding hydrogens is 212 g/mol. The van der Waals surface area contributed by atoms with Crippen LogP contribution in [0.15, 0.2) is 18.5 Å². The Morgan fingerprint density at radius 1 is 1.35 bits per heavy atom. The second-order valence-corrected chi connectivity index (χ2v) is 4.58. The fourth-order valence-electron chi connectivity index (χ4n) is 2.04. The van der Waals surface area contributed by atoms with Crippen molar-refractivity contribution >= 4 is 0 Å². The van der Waals surface area contributed by atoms with E-state index in [9.17, 15) is 5.11 Å². The van der Waals surface area contributed by atoms with Crippen LogP contribution in [0.5, 0.6) is 0 Å². The maximum Gasteiger partial charge on any atom is 0.0692 e. The van der Waals surface area contributed by atoms with Crippen LogP contribution >= 0.6 is 0 Å². The minimum atomic E-state index is -0.248. The van der Waals surface area contributed by atoms with Crippen molar-refractivity contribution in [3.8, 4) is 0 Å². The van der Waals surface area contributed by atoms with Crippen molar-refractivity contribution in [2.75, 3.05) is 6.54 Å². The van der Waals surface area contributed by atoms with Crippen molar-refractivity contribution in [2.24, 2.45) is 5.92 Å². The molecule has 3 heteroatoms. The van der Waals surface area contributed by atoms with E-state index in [0.29, 0.717) is 12.5 Å². The predicted octanol–water partition coefficient (Wildman–Crippen LogP) is 2.28. The van der Waals surface area contributed by atoms with Gasteiger partial charge in [-0.2, -0.15) is 0 Å². The first-order valence-corrected chi connectivity index (χ1v) is 6.47. The second kappa shape index (κ2) is 7.41. The molecule has 0 aliphatic rings. The number of aliphatic hydroxyl groups excluding tert-OH is 1. The minimum absolute atomic E-state index is 0.248. The third-order valence-corrected chi connectivity index (χ3v) is 3.41. The number of hydrogen-bond donors (Lipinski definition) is 2. The standard InChI is InChI=1S/C14H24N2O/c1-4-12(5-2)14(17)10-16-9-13-8-15-7-6-11(13)3/h6-8,12,14,16-17H,4-5,9-10H2,1-3H3. The third-order valence-electron chi connectivity index (χ3n) is 3.41. The van der Waals surface area contributed by atoms with Gasteiger partial charge in [-0.05, 0) is 30.0 Å². The lowest BCUT2D eigenvalue weighted by atomic mass is 9.96. The number of aryl methyl sites for hydroxylation is 1. The van der Waals surface area contributed by atoms with Gasteiger partial charge in [-0.3, -0.25) is 4.98 Å². The molecule has 0 aliphatic heterocycles. The number of aliphatic hydroxyl groups is 1. The molecule has 0 bridgehead atoms. The topological polar surface area (TPSA) is 45.1 Å². The average molecular weight is 236 g/mol. The molecule has 0 saturated heterocycles. The molecule has 1 atom stereocenters. The van der Waals surface area contributed by atoms with Gasteiger partial charge >= 0.3 is 0 Å². The van der Waals surface area contributed by atoms with E-state index in [4.69, 9.17) is 0 Å². The molecule has 0 spiro atoms. The summed E-state index contributed by atoms with van der Waals surface area (Å²) in [7, 11) is 0. The van der Waals surface area contributed by atoms with Crippen LogP contribution in [-0.4, -0.2) is 22.7 Å². The molecule has 1 heterocycles. The van der Waals surface area contributed by atoms with E-state index in [0.717, 1.165) is 19.4 Å². The van der Waals surface area contributed by atoms with Gasteiger partial charge in [0.2, 0.25) is 0 Å². The summed E-state index contributed by atoms with van der Waals surface area (Å²) in [6.07, 6.45) is 5.50. The van der Waals surface area contributed by atoms with Gasteiger partial charge in [0.05, 0.1) is 6.10 Å². The molecule has 1 rings (SSSR count). The van der Waals surface area contributed by atoms with Crippen LogP contribution in [0.3, 0.4) is 0 Å². The van der Waals surface area contributed by atoms with E-state index in [-0.39, 0.29) is 6.10 Å². The monoisotopic (exact) mass is 236 g/mol. The number of aromatic nitrogens is 1. The van der Waals surface area contributed by atoms with Crippen molar-refractivity contribution in [1.82, 2.24) is 10.3 Å². The van der Waals surface area contributed by atoms with Gasteiger partial charge in [0.25, 0.3) is 0 Å². The van der Waals surface area contributed by atoms with Gasteiger partial charge in [-0.1, -0.05) is 26.7 Å². The maximum atomic E-state index is 9.98. The van der Waals surface area contributed by atoms with Crippen LogP contribution in [-0.2, 0) is 6.54 Å². The largest absolute Gasteiger partial charge is 0.392 e. The molecular formula is C14H24N2O. The molecule has 3 nitrogen and oxygen atoms in total. The number of hydrogen-bond acceptors (Lipinski definition) is 3. The smallest absolute Gasteiger partial charge is 0.0692 e. The minimum Gasteiger partial charge on any atom is -0.392 e. The first-order valence-electron chi connectivity index (χ1n) is 6.47. The van der Waals surface area contributed by atoms with Gasteiger partial charge < -0.3 is 10.4 Å². The normalized spacial score (nSPS) is 13.0. The van der Waals surface area contributed by atoms with Crippen LogP contribution in [0.2, 0.25) is 0 Å². The fraction of sp³-hybridized carbons (Fsp3) is 0.643. The highest BCUT2D eigenvalue weighted by atomic mass is 16.3. The second-order valence-electron chi connectivity index (χ2n) is 4.58. The highest BCUT2D eigenvalue weighted by molar-refractivity contribution is 5.20. The SMILES string of the molecule is CCC(CC)C(O)CNCc1cnccc1C. The van der Waals surface area contributed by atoms with Crippen LogP contribution < -0.4 is 5.32 Å². The van der Waals surface area contributed by atoms with E-state index in [1.807, 2.05) is 12.3 Å². The van der Waals surface area contributed by atoms with Gasteiger partial charge in [-0.15, -0.1) is 0 Å². The molecule has 0 aromatic carbocycles. The number of nitrogens with one attached hydrogen (secondary N) is 1. The predicted molar refractivity (Wildman–Crippen MR) is 70.8 cm³/mol. The molecule has 1 aromatic rings. The highest BCUT2D eigenvalue weighted by Crippen LogP contribution is 2.12. The van der Waals surface area contributed by atoms with Gasteiger partial charge in [0.15, 0.2) is 0 Å². The Bertz CT molecular complexity index is 324. The molecule has 0 radical (unpaired) electrons. The summed E-state index contributed by atoms with van der Waals surface area (Å²) < 4.78 is 0. The Morgan fingerprint density at radius 3 is 2.65 bits per heavy atom. The molecule has 17 heavy (non-hydrogen) atoms. The van der Waals surface area contributed by atoms with Crippen molar-refractivity contribution < 1.29 is 5.11 Å². The molecule has 0 saturated carbocycles. The molecule has 0 amide bonds. The lowest BCUT2D eigenvalue weighted by molar-refractivity contribution is 0.101. The zero-order chi connectivity index (χ0) is 12.7. The number of rotatable bonds is 7. The Hall–Kier alpha value is -0.930. The van der Waals surface area contributed by atoms with E-state index in [2.05, 4.69) is 31.1 Å². The van der Waals surface area contributed by atoms with E-state index in [1.165, 1.54) is 11.1 Å². The summed E-state index contributed by atoms with van der Waals surface area (Å²) in [6.45, 7) is 7.76. The molecule has 1 aromatic heterocycles. The first-order chi connectivity index (χ1) is 8.19. The van der Waals surface area contributed by atoms with Crippen molar-refractivity contribution in [1.29, 1.82) is 0 Å². The number of pyridine rings is 1. The third kappa shape index (κ3) is 4.44. The van der Waals surface area contributed by atoms with Crippen LogP contribution in [0.25, 0.3) is 0 Å². The number of nitrogens with zero attached hydrogens (tertiary/aromatic N) is 1. The summed E-state index contributed by atoms with van der Waals surface area (Å²) in [5, 5.41) is 13.3. The Morgan fingerprint density at radius 2 is 2.06 bits per heavy atom. The molecule has 96 valence electrons. The summed E-state index contributed by atoms with van der Waals surface area (Å²) in [4.78, 5) is 4.11. The summed E-state index contributed by atoms with van der Waals surface area (Å²) in [5.41, 5.74) is 2.44. The Kier molecular flexibility index (Phi) is 6.16. The highest BCUT2D eigenvalue weighted by Gasteiger charge is 2.14. The Labute approximate surface area is 104 Å².